The van der Waals surface area contributed by atoms with Gasteiger partial charge in [-0.3, -0.25) is 4.79 Å². The third-order valence-corrected chi connectivity index (χ3v) is 12.6. The second kappa shape index (κ2) is 48.8. The Morgan fingerprint density at radius 1 is 0.400 bits per heavy atom. The summed E-state index contributed by atoms with van der Waals surface area (Å²) in [6.45, 7) is 4.06. The molecule has 0 aromatic carbocycles. The standard InChI is InChI=1S/C54H105NO5/c1-3-5-7-9-11-13-15-17-19-21-22-23-24-25-26-27-28-29-30-32-34-36-38-40-42-44-46-48-52(58)54(60)55-50(49-56)53(59)51(57)47-45-43-41-39-37-35-33-31-20-18-16-14-12-10-8-6-4-2/h31,33,39,41,50-53,56-59H,3-30,32,34-38,40,42-49H2,1-2H3,(H,55,60)/b33-31+,41-39+. The molecule has 4 atom stereocenters. The van der Waals surface area contributed by atoms with Crippen molar-refractivity contribution in [3.8, 4) is 0 Å². The first-order valence-electron chi connectivity index (χ1n) is 26.7. The van der Waals surface area contributed by atoms with Gasteiger partial charge >= 0.3 is 0 Å². The topological polar surface area (TPSA) is 110 Å². The van der Waals surface area contributed by atoms with Crippen LogP contribution in [-0.4, -0.2) is 57.3 Å². The summed E-state index contributed by atoms with van der Waals surface area (Å²) in [5.74, 6) is -0.593. The van der Waals surface area contributed by atoms with Gasteiger partial charge in [0.05, 0.1) is 18.8 Å². The molecular weight excluding hydrogens is 743 g/mol. The van der Waals surface area contributed by atoms with Crippen LogP contribution in [0.15, 0.2) is 24.3 Å². The van der Waals surface area contributed by atoms with Crippen molar-refractivity contribution in [2.24, 2.45) is 0 Å². The first-order chi connectivity index (χ1) is 29.5. The van der Waals surface area contributed by atoms with Gasteiger partial charge < -0.3 is 25.7 Å². The Hall–Kier alpha value is -1.21. The number of nitrogens with one attached hydrogen (secondary N) is 1. The molecule has 0 rings (SSSR count). The Balaban J connectivity index is 3.64. The van der Waals surface area contributed by atoms with Crippen molar-refractivity contribution >= 4 is 5.91 Å². The van der Waals surface area contributed by atoms with Crippen molar-refractivity contribution in [1.29, 1.82) is 0 Å². The number of rotatable bonds is 49. The molecule has 0 aromatic heterocycles. The van der Waals surface area contributed by atoms with Crippen LogP contribution in [0.2, 0.25) is 0 Å². The van der Waals surface area contributed by atoms with E-state index in [0.29, 0.717) is 19.3 Å². The van der Waals surface area contributed by atoms with Gasteiger partial charge in [-0.1, -0.05) is 256 Å². The molecule has 60 heavy (non-hydrogen) atoms. The number of amides is 1. The predicted molar refractivity (Wildman–Crippen MR) is 261 cm³/mol. The number of unbranched alkanes of at least 4 members (excludes halogenated alkanes) is 36. The van der Waals surface area contributed by atoms with E-state index in [1.54, 1.807) is 0 Å². The van der Waals surface area contributed by atoms with Crippen LogP contribution in [0.25, 0.3) is 0 Å². The normalized spacial score (nSPS) is 14.0. The summed E-state index contributed by atoms with van der Waals surface area (Å²) in [4.78, 5) is 12.6. The van der Waals surface area contributed by atoms with Crippen molar-refractivity contribution in [3.05, 3.63) is 24.3 Å². The van der Waals surface area contributed by atoms with Gasteiger partial charge in [-0.2, -0.15) is 0 Å². The van der Waals surface area contributed by atoms with E-state index in [-0.39, 0.29) is 0 Å². The highest BCUT2D eigenvalue weighted by Crippen LogP contribution is 2.17. The minimum Gasteiger partial charge on any atom is -0.394 e. The summed E-state index contributed by atoms with van der Waals surface area (Å²) in [5, 5.41) is 43.8. The van der Waals surface area contributed by atoms with E-state index in [1.807, 2.05) is 0 Å². The minimum absolute atomic E-state index is 0.364. The lowest BCUT2D eigenvalue weighted by Gasteiger charge is -2.27. The van der Waals surface area contributed by atoms with E-state index < -0.39 is 36.9 Å². The minimum atomic E-state index is -1.29. The Kier molecular flexibility index (Phi) is 47.8. The van der Waals surface area contributed by atoms with E-state index in [4.69, 9.17) is 0 Å². The lowest BCUT2D eigenvalue weighted by molar-refractivity contribution is -0.132. The highest BCUT2D eigenvalue weighted by molar-refractivity contribution is 5.80. The van der Waals surface area contributed by atoms with Crippen LogP contribution in [-0.2, 0) is 4.79 Å². The summed E-state index contributed by atoms with van der Waals surface area (Å²) in [6, 6.07) is -1.01. The van der Waals surface area contributed by atoms with Crippen LogP contribution in [0.1, 0.15) is 284 Å². The fourth-order valence-electron chi connectivity index (χ4n) is 8.42. The number of hydrogen-bond donors (Lipinski definition) is 5. The smallest absolute Gasteiger partial charge is 0.249 e. The molecule has 0 fully saturated rings. The van der Waals surface area contributed by atoms with E-state index >= 15 is 0 Å². The lowest BCUT2D eigenvalue weighted by atomic mass is 10.00. The fraction of sp³-hybridized carbons (Fsp3) is 0.907. The van der Waals surface area contributed by atoms with Gasteiger partial charge in [-0.25, -0.2) is 0 Å². The zero-order valence-corrected chi connectivity index (χ0v) is 40.2. The number of aliphatic hydroxyl groups excluding tert-OH is 4. The van der Waals surface area contributed by atoms with Gasteiger partial charge in [0.25, 0.3) is 0 Å². The maximum absolute atomic E-state index is 12.6. The molecule has 4 unspecified atom stereocenters. The van der Waals surface area contributed by atoms with E-state index in [2.05, 4.69) is 43.5 Å². The van der Waals surface area contributed by atoms with Gasteiger partial charge in [0, 0.05) is 0 Å². The molecule has 1 amide bonds. The molecule has 0 saturated carbocycles. The van der Waals surface area contributed by atoms with E-state index in [9.17, 15) is 25.2 Å². The third-order valence-electron chi connectivity index (χ3n) is 12.6. The maximum Gasteiger partial charge on any atom is 0.249 e. The number of hydrogen-bond acceptors (Lipinski definition) is 5. The van der Waals surface area contributed by atoms with Crippen molar-refractivity contribution in [2.45, 2.75) is 308 Å². The predicted octanol–water partition coefficient (Wildman–Crippen LogP) is 15.1. The Morgan fingerprint density at radius 2 is 0.700 bits per heavy atom. The van der Waals surface area contributed by atoms with Gasteiger partial charge in [0.15, 0.2) is 0 Å². The monoisotopic (exact) mass is 848 g/mol. The lowest BCUT2D eigenvalue weighted by Crippen LogP contribution is -2.53. The molecule has 0 bridgehead atoms. The van der Waals surface area contributed by atoms with Crippen LogP contribution in [0.5, 0.6) is 0 Å². The molecule has 0 radical (unpaired) electrons. The van der Waals surface area contributed by atoms with Crippen molar-refractivity contribution in [3.63, 3.8) is 0 Å². The average molecular weight is 848 g/mol. The summed E-state index contributed by atoms with van der Waals surface area (Å²) in [6.07, 6.45) is 58.1. The zero-order chi connectivity index (χ0) is 43.8. The molecular formula is C54H105NO5. The second-order valence-corrected chi connectivity index (χ2v) is 18.6. The second-order valence-electron chi connectivity index (χ2n) is 18.6. The van der Waals surface area contributed by atoms with Crippen molar-refractivity contribution in [1.82, 2.24) is 5.32 Å². The first kappa shape index (κ1) is 58.8. The average Bonchev–Trinajstić information content (AvgIpc) is 3.25. The highest BCUT2D eigenvalue weighted by Gasteiger charge is 2.28. The number of aliphatic hydroxyl groups is 4. The van der Waals surface area contributed by atoms with Crippen LogP contribution >= 0.6 is 0 Å². The van der Waals surface area contributed by atoms with Crippen LogP contribution in [0.3, 0.4) is 0 Å². The molecule has 0 spiro atoms. The molecule has 0 aromatic rings. The van der Waals surface area contributed by atoms with Crippen LogP contribution in [0.4, 0.5) is 0 Å². The Labute approximate surface area is 374 Å². The largest absolute Gasteiger partial charge is 0.394 e. The molecule has 0 aliphatic carbocycles. The Bertz CT molecular complexity index is 909. The molecule has 6 heteroatoms. The SMILES string of the molecule is CCCCCCCCCC/C=C/CC/C=C/CCCC(O)C(O)C(CO)NC(=O)C(O)CCCCCCCCCCCCCCCCCCCCCCCCCCCCC. The summed E-state index contributed by atoms with van der Waals surface area (Å²) in [5.41, 5.74) is 0. The van der Waals surface area contributed by atoms with Gasteiger partial charge in [0.1, 0.15) is 12.2 Å². The molecule has 0 aliphatic heterocycles. The summed E-state index contributed by atoms with van der Waals surface area (Å²) < 4.78 is 0. The third kappa shape index (κ3) is 42.1. The molecule has 0 saturated heterocycles. The van der Waals surface area contributed by atoms with Gasteiger partial charge in [-0.15, -0.1) is 0 Å². The number of allylic oxidation sites excluding steroid dienone is 4. The molecule has 0 heterocycles. The number of carbonyl (C=O) groups excluding carboxylic acids is 1. The number of carbonyl (C=O) groups is 1. The van der Waals surface area contributed by atoms with E-state index in [0.717, 1.165) is 38.5 Å². The summed E-state index contributed by atoms with van der Waals surface area (Å²) >= 11 is 0. The van der Waals surface area contributed by atoms with Crippen LogP contribution < -0.4 is 5.32 Å². The highest BCUT2D eigenvalue weighted by atomic mass is 16.3. The van der Waals surface area contributed by atoms with Gasteiger partial charge in [0.2, 0.25) is 5.91 Å². The van der Waals surface area contributed by atoms with E-state index in [1.165, 1.54) is 212 Å². The molecule has 0 aliphatic rings. The van der Waals surface area contributed by atoms with Gasteiger partial charge in [-0.05, 0) is 51.4 Å². The zero-order valence-electron chi connectivity index (χ0n) is 40.2. The fourth-order valence-corrected chi connectivity index (χ4v) is 8.42. The molecule has 356 valence electrons. The van der Waals surface area contributed by atoms with Crippen molar-refractivity contribution < 1.29 is 25.2 Å². The first-order valence-corrected chi connectivity index (χ1v) is 26.7. The Morgan fingerprint density at radius 3 is 1.05 bits per heavy atom. The van der Waals surface area contributed by atoms with Crippen LogP contribution in [0, 0.1) is 0 Å². The molecule has 6 nitrogen and oxygen atoms in total. The quantitative estimate of drug-likeness (QED) is 0.0309. The van der Waals surface area contributed by atoms with Crippen molar-refractivity contribution in [2.75, 3.05) is 6.61 Å². The maximum atomic E-state index is 12.6. The molecule has 5 N–H and O–H groups in total. The summed E-state index contributed by atoms with van der Waals surface area (Å²) in [7, 11) is 0.